The van der Waals surface area contributed by atoms with E-state index in [9.17, 15) is 9.18 Å². The SMILES string of the molecule is CC(C)COC(=O)N1CCC(CNCc2cc(Nc3ccc(C(=N)N)cc3F)ncn2)CC1. The van der Waals surface area contributed by atoms with E-state index in [0.717, 1.165) is 25.1 Å². The van der Waals surface area contributed by atoms with Crippen LogP contribution in [0.15, 0.2) is 30.6 Å². The minimum absolute atomic E-state index is 0.187. The van der Waals surface area contributed by atoms with Gasteiger partial charge in [0, 0.05) is 31.3 Å². The van der Waals surface area contributed by atoms with Crippen LogP contribution in [-0.2, 0) is 11.3 Å². The van der Waals surface area contributed by atoms with Crippen LogP contribution in [-0.4, -0.2) is 53.0 Å². The van der Waals surface area contributed by atoms with Crippen molar-refractivity contribution in [3.63, 3.8) is 0 Å². The van der Waals surface area contributed by atoms with Gasteiger partial charge < -0.3 is 26.0 Å². The molecule has 1 aliphatic rings. The first-order valence-electron chi connectivity index (χ1n) is 11.2. The number of nitrogen functional groups attached to an aromatic ring is 1. The molecule has 1 fully saturated rings. The van der Waals surface area contributed by atoms with Crippen molar-refractivity contribution in [2.45, 2.75) is 33.2 Å². The van der Waals surface area contributed by atoms with Crippen molar-refractivity contribution < 1.29 is 13.9 Å². The van der Waals surface area contributed by atoms with Crippen molar-refractivity contribution in [1.82, 2.24) is 20.2 Å². The Morgan fingerprint density at radius 1 is 1.30 bits per heavy atom. The highest BCUT2D eigenvalue weighted by atomic mass is 19.1. The number of nitrogens with zero attached hydrogens (tertiary/aromatic N) is 3. The lowest BCUT2D eigenvalue weighted by molar-refractivity contribution is 0.0789. The summed E-state index contributed by atoms with van der Waals surface area (Å²) in [5, 5.41) is 13.7. The molecule has 5 N–H and O–H groups in total. The Morgan fingerprint density at radius 3 is 2.73 bits per heavy atom. The monoisotopic (exact) mass is 457 g/mol. The van der Waals surface area contributed by atoms with Gasteiger partial charge in [-0.15, -0.1) is 0 Å². The number of carbonyl (C=O) groups excluding carboxylic acids is 1. The molecule has 0 bridgehead atoms. The highest BCUT2D eigenvalue weighted by Gasteiger charge is 2.23. The summed E-state index contributed by atoms with van der Waals surface area (Å²) < 4.78 is 19.6. The third-order valence-electron chi connectivity index (χ3n) is 5.42. The summed E-state index contributed by atoms with van der Waals surface area (Å²) in [5.74, 6) is 0.587. The van der Waals surface area contributed by atoms with E-state index in [1.54, 1.807) is 17.0 Å². The van der Waals surface area contributed by atoms with Crippen molar-refractivity contribution in [3.05, 3.63) is 47.7 Å². The Hall–Kier alpha value is -3.27. The molecular formula is C23H32FN7O2. The first kappa shape index (κ1) is 24.4. The lowest BCUT2D eigenvalue weighted by Gasteiger charge is -2.31. The van der Waals surface area contributed by atoms with Gasteiger partial charge in [-0.05, 0) is 49.4 Å². The van der Waals surface area contributed by atoms with Crippen LogP contribution in [0, 0.1) is 23.1 Å². The fraction of sp³-hybridized carbons (Fsp3) is 0.478. The number of ether oxygens (including phenoxy) is 1. The molecule has 10 heteroatoms. The number of anilines is 2. The lowest BCUT2D eigenvalue weighted by Crippen LogP contribution is -2.41. The number of likely N-dealkylation sites (tertiary alicyclic amines) is 1. The first-order chi connectivity index (χ1) is 15.8. The number of nitrogens with two attached hydrogens (primary N) is 1. The number of hydrogen-bond acceptors (Lipinski definition) is 7. The molecule has 0 saturated carbocycles. The summed E-state index contributed by atoms with van der Waals surface area (Å²) in [6.07, 6.45) is 3.07. The second-order valence-corrected chi connectivity index (χ2v) is 8.66. The van der Waals surface area contributed by atoms with Crippen LogP contribution in [0.1, 0.15) is 37.9 Å². The zero-order valence-electron chi connectivity index (χ0n) is 19.1. The molecule has 1 saturated heterocycles. The number of halogens is 1. The number of amidine groups is 1. The van der Waals surface area contributed by atoms with Crippen LogP contribution < -0.4 is 16.4 Å². The molecular weight excluding hydrogens is 425 g/mol. The molecule has 9 nitrogen and oxygen atoms in total. The molecule has 0 aliphatic carbocycles. The Bertz CT molecular complexity index is 962. The number of carbonyl (C=O) groups is 1. The molecule has 33 heavy (non-hydrogen) atoms. The van der Waals surface area contributed by atoms with Gasteiger partial charge in [0.1, 0.15) is 23.8 Å². The fourth-order valence-electron chi connectivity index (χ4n) is 3.54. The average molecular weight is 458 g/mol. The molecule has 1 aromatic heterocycles. The summed E-state index contributed by atoms with van der Waals surface area (Å²) >= 11 is 0. The number of piperidine rings is 1. The molecule has 0 atom stereocenters. The maximum atomic E-state index is 14.3. The van der Waals surface area contributed by atoms with Crippen molar-refractivity contribution in [2.75, 3.05) is 31.6 Å². The maximum Gasteiger partial charge on any atom is 0.409 e. The van der Waals surface area contributed by atoms with Gasteiger partial charge >= 0.3 is 6.09 Å². The van der Waals surface area contributed by atoms with Crippen LogP contribution in [0.3, 0.4) is 0 Å². The van der Waals surface area contributed by atoms with E-state index in [1.807, 2.05) is 13.8 Å². The normalized spacial score (nSPS) is 14.4. The van der Waals surface area contributed by atoms with Gasteiger partial charge in [0.25, 0.3) is 0 Å². The largest absolute Gasteiger partial charge is 0.449 e. The lowest BCUT2D eigenvalue weighted by atomic mass is 9.97. The van der Waals surface area contributed by atoms with Crippen molar-refractivity contribution in [2.24, 2.45) is 17.6 Å². The van der Waals surface area contributed by atoms with Crippen LogP contribution in [0.2, 0.25) is 0 Å². The Morgan fingerprint density at radius 2 is 2.06 bits per heavy atom. The molecule has 1 aromatic carbocycles. The number of aromatic nitrogens is 2. The second-order valence-electron chi connectivity index (χ2n) is 8.66. The van der Waals surface area contributed by atoms with Crippen LogP contribution >= 0.6 is 0 Å². The Balaban J connectivity index is 1.43. The molecule has 0 spiro atoms. The molecule has 2 heterocycles. The maximum absolute atomic E-state index is 14.3. The van der Waals surface area contributed by atoms with Gasteiger partial charge in [-0.1, -0.05) is 13.8 Å². The third-order valence-corrected chi connectivity index (χ3v) is 5.42. The predicted octanol–water partition coefficient (Wildman–Crippen LogP) is 3.24. The van der Waals surface area contributed by atoms with E-state index in [1.165, 1.54) is 18.5 Å². The molecule has 0 unspecified atom stereocenters. The van der Waals surface area contributed by atoms with Crippen molar-refractivity contribution >= 4 is 23.4 Å². The molecule has 1 aliphatic heterocycles. The molecule has 2 aromatic rings. The van der Waals surface area contributed by atoms with Crippen LogP contribution in [0.25, 0.3) is 0 Å². The highest BCUT2D eigenvalue weighted by Crippen LogP contribution is 2.20. The van der Waals surface area contributed by atoms with Gasteiger partial charge in [0.2, 0.25) is 0 Å². The quantitative estimate of drug-likeness (QED) is 0.336. The molecule has 3 rings (SSSR count). The third kappa shape index (κ3) is 7.38. The van der Waals surface area contributed by atoms with Gasteiger partial charge in [0.15, 0.2) is 0 Å². The number of benzene rings is 1. The van der Waals surface area contributed by atoms with E-state index in [2.05, 4.69) is 20.6 Å². The first-order valence-corrected chi connectivity index (χ1v) is 11.2. The topological polar surface area (TPSA) is 129 Å². The van der Waals surface area contributed by atoms with E-state index in [0.29, 0.717) is 49.5 Å². The zero-order valence-corrected chi connectivity index (χ0v) is 19.1. The zero-order chi connectivity index (χ0) is 23.8. The summed E-state index contributed by atoms with van der Waals surface area (Å²) in [7, 11) is 0. The highest BCUT2D eigenvalue weighted by molar-refractivity contribution is 5.95. The summed E-state index contributed by atoms with van der Waals surface area (Å²) in [4.78, 5) is 22.3. The fourth-order valence-corrected chi connectivity index (χ4v) is 3.54. The standard InChI is InChI=1S/C23H32FN7O2/c1-15(2)13-33-23(32)31-7-5-16(6-8-31)11-27-12-18-10-21(29-14-28-18)30-20-4-3-17(22(25)26)9-19(20)24/h3-4,9-10,14-16,27H,5-8,11-13H2,1-2H3,(H3,25,26)(H,28,29,30). The van der Waals surface area contributed by atoms with E-state index >= 15 is 0 Å². The predicted molar refractivity (Wildman–Crippen MR) is 125 cm³/mol. The van der Waals surface area contributed by atoms with Gasteiger partial charge in [-0.25, -0.2) is 19.2 Å². The Labute approximate surface area is 193 Å². The van der Waals surface area contributed by atoms with Gasteiger partial charge in [-0.2, -0.15) is 0 Å². The average Bonchev–Trinajstić information content (AvgIpc) is 2.79. The van der Waals surface area contributed by atoms with Crippen molar-refractivity contribution in [3.8, 4) is 0 Å². The van der Waals surface area contributed by atoms with Gasteiger partial charge in [0.05, 0.1) is 18.0 Å². The number of hydrogen-bond donors (Lipinski definition) is 4. The van der Waals surface area contributed by atoms with Crippen molar-refractivity contribution in [1.29, 1.82) is 5.41 Å². The molecule has 0 radical (unpaired) electrons. The number of nitrogens with one attached hydrogen (secondary N) is 3. The smallest absolute Gasteiger partial charge is 0.409 e. The summed E-state index contributed by atoms with van der Waals surface area (Å²) in [6, 6.07) is 6.08. The van der Waals surface area contributed by atoms with E-state index < -0.39 is 5.82 Å². The summed E-state index contributed by atoms with van der Waals surface area (Å²) in [5.41, 5.74) is 6.74. The van der Waals surface area contributed by atoms with Crippen LogP contribution in [0.5, 0.6) is 0 Å². The summed E-state index contributed by atoms with van der Waals surface area (Å²) in [6.45, 7) is 7.28. The molecule has 1 amide bonds. The Kier molecular flexibility index (Phi) is 8.53. The number of amides is 1. The van der Waals surface area contributed by atoms with Crippen LogP contribution in [0.4, 0.5) is 20.7 Å². The minimum atomic E-state index is -0.514. The second kappa shape index (κ2) is 11.6. The van der Waals surface area contributed by atoms with E-state index in [4.69, 9.17) is 15.9 Å². The van der Waals surface area contributed by atoms with E-state index in [-0.39, 0.29) is 17.6 Å². The molecule has 178 valence electrons. The minimum Gasteiger partial charge on any atom is -0.449 e. The number of rotatable bonds is 9. The van der Waals surface area contributed by atoms with Gasteiger partial charge in [-0.3, -0.25) is 5.41 Å².